The van der Waals surface area contributed by atoms with Crippen LogP contribution in [-0.4, -0.2) is 31.3 Å². The van der Waals surface area contributed by atoms with E-state index in [9.17, 15) is 4.79 Å². The van der Waals surface area contributed by atoms with Crippen LogP contribution in [0.4, 0.5) is 0 Å². The van der Waals surface area contributed by atoms with Gasteiger partial charge in [0, 0.05) is 12.3 Å². The summed E-state index contributed by atoms with van der Waals surface area (Å²) in [5.41, 5.74) is 4.97. The monoisotopic (exact) mass is 480 g/mol. The van der Waals surface area contributed by atoms with E-state index >= 15 is 0 Å². The smallest absolute Gasteiger partial charge is 0.233 e. The van der Waals surface area contributed by atoms with Gasteiger partial charge in [0.2, 0.25) is 5.91 Å². The molecule has 178 valence electrons. The third-order valence-electron chi connectivity index (χ3n) is 6.00. The van der Waals surface area contributed by atoms with Gasteiger partial charge in [-0.05, 0) is 35.2 Å². The summed E-state index contributed by atoms with van der Waals surface area (Å²) in [6.07, 6.45) is 0.914. The normalized spacial score (nSPS) is 11.2. The molecule has 0 atom stereocenters. The maximum atomic E-state index is 12.4. The molecule has 0 saturated heterocycles. The molecular formula is C31H32N2OS. The van der Waals surface area contributed by atoms with Crippen molar-refractivity contribution in [1.29, 1.82) is 0 Å². The van der Waals surface area contributed by atoms with E-state index in [1.54, 1.807) is 0 Å². The first-order valence-corrected chi connectivity index (χ1v) is 13.1. The second kappa shape index (κ2) is 12.9. The molecule has 2 N–H and O–H groups in total. The minimum Gasteiger partial charge on any atom is -0.354 e. The number of hydrogen-bond acceptors (Lipinski definition) is 3. The summed E-state index contributed by atoms with van der Waals surface area (Å²) in [7, 11) is 0. The number of rotatable bonds is 12. The van der Waals surface area contributed by atoms with Gasteiger partial charge in [0.25, 0.3) is 0 Å². The van der Waals surface area contributed by atoms with Gasteiger partial charge in [-0.3, -0.25) is 4.79 Å². The molecule has 4 aromatic rings. The van der Waals surface area contributed by atoms with Gasteiger partial charge in [-0.15, -0.1) is 11.8 Å². The highest BCUT2D eigenvalue weighted by atomic mass is 32.2. The molecule has 0 aliphatic rings. The van der Waals surface area contributed by atoms with E-state index in [0.717, 1.165) is 18.7 Å². The molecule has 4 heteroatoms. The van der Waals surface area contributed by atoms with Crippen LogP contribution >= 0.6 is 11.8 Å². The molecule has 0 unspecified atom stereocenters. The van der Waals surface area contributed by atoms with Crippen LogP contribution in [0.15, 0.2) is 121 Å². The van der Waals surface area contributed by atoms with Crippen molar-refractivity contribution < 1.29 is 4.79 Å². The lowest BCUT2D eigenvalue weighted by atomic mass is 9.84. The van der Waals surface area contributed by atoms with Crippen LogP contribution in [0, 0.1) is 0 Å². The molecular weight excluding hydrogens is 448 g/mol. The second-order valence-corrected chi connectivity index (χ2v) is 9.70. The third kappa shape index (κ3) is 6.62. The van der Waals surface area contributed by atoms with Crippen molar-refractivity contribution in [3.63, 3.8) is 0 Å². The summed E-state index contributed by atoms with van der Waals surface area (Å²) in [5, 5.41) is 6.34. The van der Waals surface area contributed by atoms with E-state index in [1.807, 2.05) is 30.0 Å². The van der Waals surface area contributed by atoms with Crippen molar-refractivity contribution >= 4 is 17.7 Å². The van der Waals surface area contributed by atoms with Gasteiger partial charge < -0.3 is 10.6 Å². The fraction of sp³-hybridized carbons (Fsp3) is 0.194. The SMILES string of the molecule is O=C(CNCCc1ccccc1)NCCSC(c1ccccc1)(c1ccccc1)c1ccccc1. The van der Waals surface area contributed by atoms with Crippen LogP contribution in [0.2, 0.25) is 0 Å². The average molecular weight is 481 g/mol. The Morgan fingerprint density at radius 1 is 0.629 bits per heavy atom. The maximum Gasteiger partial charge on any atom is 0.233 e. The van der Waals surface area contributed by atoms with Crippen molar-refractivity contribution in [3.8, 4) is 0 Å². The summed E-state index contributed by atoms with van der Waals surface area (Å²) < 4.78 is -0.359. The van der Waals surface area contributed by atoms with Crippen LogP contribution in [0.1, 0.15) is 22.3 Å². The molecule has 4 aromatic carbocycles. The van der Waals surface area contributed by atoms with Gasteiger partial charge in [0.1, 0.15) is 0 Å². The molecule has 3 nitrogen and oxygen atoms in total. The molecule has 0 heterocycles. The van der Waals surface area contributed by atoms with E-state index in [4.69, 9.17) is 0 Å². The van der Waals surface area contributed by atoms with E-state index in [0.29, 0.717) is 13.1 Å². The Labute approximate surface area is 213 Å². The highest BCUT2D eigenvalue weighted by Gasteiger charge is 2.36. The molecule has 0 fully saturated rings. The fourth-order valence-electron chi connectivity index (χ4n) is 4.30. The zero-order valence-corrected chi connectivity index (χ0v) is 20.7. The summed E-state index contributed by atoms with van der Waals surface area (Å²) >= 11 is 1.86. The van der Waals surface area contributed by atoms with Gasteiger partial charge in [-0.1, -0.05) is 121 Å². The van der Waals surface area contributed by atoms with Crippen molar-refractivity contribution in [1.82, 2.24) is 10.6 Å². The summed E-state index contributed by atoms with van der Waals surface area (Å²) in [6.45, 7) is 1.72. The fourth-order valence-corrected chi connectivity index (χ4v) is 5.72. The molecule has 0 bridgehead atoms. The number of nitrogens with one attached hydrogen (secondary N) is 2. The van der Waals surface area contributed by atoms with E-state index < -0.39 is 0 Å². The third-order valence-corrected chi connectivity index (χ3v) is 7.55. The lowest BCUT2D eigenvalue weighted by Crippen LogP contribution is -2.36. The minimum atomic E-state index is -0.359. The largest absolute Gasteiger partial charge is 0.354 e. The quantitative estimate of drug-likeness (QED) is 0.203. The Balaban J connectivity index is 1.40. The van der Waals surface area contributed by atoms with Crippen LogP contribution in [0.25, 0.3) is 0 Å². The highest BCUT2D eigenvalue weighted by molar-refractivity contribution is 8.00. The Hall–Kier alpha value is -3.34. The number of thioether (sulfide) groups is 1. The van der Waals surface area contributed by atoms with Gasteiger partial charge >= 0.3 is 0 Å². The topological polar surface area (TPSA) is 41.1 Å². The molecule has 0 saturated carbocycles. The molecule has 0 aliphatic heterocycles. The predicted molar refractivity (Wildman–Crippen MR) is 148 cm³/mol. The van der Waals surface area contributed by atoms with Gasteiger partial charge in [0.05, 0.1) is 11.3 Å². The molecule has 4 rings (SSSR count). The van der Waals surface area contributed by atoms with Crippen molar-refractivity contribution in [2.45, 2.75) is 11.2 Å². The first-order valence-electron chi connectivity index (χ1n) is 12.1. The van der Waals surface area contributed by atoms with Gasteiger partial charge in [-0.2, -0.15) is 0 Å². The van der Waals surface area contributed by atoms with E-state index in [-0.39, 0.29) is 10.7 Å². The molecule has 0 spiro atoms. The summed E-state index contributed by atoms with van der Waals surface area (Å²) in [4.78, 5) is 12.4. The van der Waals surface area contributed by atoms with Crippen LogP contribution < -0.4 is 10.6 Å². The average Bonchev–Trinajstić information content (AvgIpc) is 2.93. The van der Waals surface area contributed by atoms with Crippen LogP contribution in [0.3, 0.4) is 0 Å². The number of carbonyl (C=O) groups is 1. The van der Waals surface area contributed by atoms with Gasteiger partial charge in [0.15, 0.2) is 0 Å². The molecule has 1 amide bonds. The number of hydrogen-bond donors (Lipinski definition) is 2. The van der Waals surface area contributed by atoms with Crippen molar-refractivity contribution in [3.05, 3.63) is 144 Å². The molecule has 0 aromatic heterocycles. The van der Waals surface area contributed by atoms with Crippen molar-refractivity contribution in [2.75, 3.05) is 25.4 Å². The number of amides is 1. The molecule has 0 aliphatic carbocycles. The highest BCUT2D eigenvalue weighted by Crippen LogP contribution is 2.48. The summed E-state index contributed by atoms with van der Waals surface area (Å²) in [6, 6.07) is 42.2. The lowest BCUT2D eigenvalue weighted by Gasteiger charge is -2.35. The predicted octanol–water partition coefficient (Wildman–Crippen LogP) is 5.66. The van der Waals surface area contributed by atoms with Crippen molar-refractivity contribution in [2.24, 2.45) is 0 Å². The molecule has 0 radical (unpaired) electrons. The number of benzene rings is 4. The molecule has 35 heavy (non-hydrogen) atoms. The second-order valence-electron chi connectivity index (χ2n) is 8.39. The Kier molecular flexibility index (Phi) is 9.16. The summed E-state index contributed by atoms with van der Waals surface area (Å²) in [5.74, 6) is 0.817. The first-order chi connectivity index (χ1) is 17.3. The zero-order chi connectivity index (χ0) is 24.2. The Morgan fingerprint density at radius 2 is 1.09 bits per heavy atom. The Bertz CT molecular complexity index is 1060. The van der Waals surface area contributed by atoms with Gasteiger partial charge in [-0.25, -0.2) is 0 Å². The van der Waals surface area contributed by atoms with E-state index in [2.05, 4.69) is 114 Å². The van der Waals surface area contributed by atoms with Crippen LogP contribution in [-0.2, 0) is 16.0 Å². The minimum absolute atomic E-state index is 0.0309. The van der Waals surface area contributed by atoms with Crippen LogP contribution in [0.5, 0.6) is 0 Å². The maximum absolute atomic E-state index is 12.4. The first kappa shape index (κ1) is 24.8. The lowest BCUT2D eigenvalue weighted by molar-refractivity contribution is -0.120. The number of carbonyl (C=O) groups excluding carboxylic acids is 1. The van der Waals surface area contributed by atoms with E-state index in [1.165, 1.54) is 22.3 Å². The Morgan fingerprint density at radius 3 is 1.57 bits per heavy atom. The standard InChI is InChI=1S/C31H32N2OS/c34-30(25-32-22-21-26-13-5-1-6-14-26)33-23-24-35-31(27-15-7-2-8-16-27,28-17-9-3-10-18-28)29-19-11-4-12-20-29/h1-20,32H,21-25H2,(H,33,34). The zero-order valence-electron chi connectivity index (χ0n) is 19.9.